The van der Waals surface area contributed by atoms with E-state index in [0.29, 0.717) is 23.9 Å². The molecule has 5 rings (SSSR count). The Morgan fingerprint density at radius 3 is 2.88 bits per heavy atom. The van der Waals surface area contributed by atoms with Crippen LogP contribution in [0.15, 0.2) is 46.7 Å². The standard InChI is InChI=1S/C21H28N2O/c1-2-7-15(8-3-1)23-13-12-17-20(19-11-6-14-24-19)22-18-10-5-4-9-16(18)21(17)23/h4-6,10-11,14-17,20-22H,1-3,7-9,12-13H2/t16?,17-,20-,21?/m0/s1. The number of rotatable bonds is 2. The van der Waals surface area contributed by atoms with Crippen LogP contribution in [-0.4, -0.2) is 23.5 Å². The van der Waals surface area contributed by atoms with Gasteiger partial charge >= 0.3 is 0 Å². The zero-order valence-electron chi connectivity index (χ0n) is 14.4. The Morgan fingerprint density at radius 2 is 2.04 bits per heavy atom. The van der Waals surface area contributed by atoms with Crippen LogP contribution in [-0.2, 0) is 0 Å². The maximum Gasteiger partial charge on any atom is 0.126 e. The van der Waals surface area contributed by atoms with Crippen molar-refractivity contribution in [2.45, 2.75) is 63.1 Å². The highest BCUT2D eigenvalue weighted by Crippen LogP contribution is 2.48. The molecule has 0 aromatic carbocycles. The minimum atomic E-state index is 0.340. The van der Waals surface area contributed by atoms with Crippen molar-refractivity contribution in [1.82, 2.24) is 10.2 Å². The molecule has 3 fully saturated rings. The van der Waals surface area contributed by atoms with E-state index in [-0.39, 0.29) is 0 Å². The van der Waals surface area contributed by atoms with Gasteiger partial charge in [0, 0.05) is 29.6 Å². The predicted octanol–water partition coefficient (Wildman–Crippen LogP) is 4.41. The van der Waals surface area contributed by atoms with Crippen molar-refractivity contribution in [3.63, 3.8) is 0 Å². The van der Waals surface area contributed by atoms with Gasteiger partial charge in [0.25, 0.3) is 0 Å². The molecule has 3 heteroatoms. The van der Waals surface area contributed by atoms with Crippen molar-refractivity contribution in [1.29, 1.82) is 0 Å². The van der Waals surface area contributed by atoms with E-state index in [2.05, 4.69) is 34.5 Å². The summed E-state index contributed by atoms with van der Waals surface area (Å²) in [5.41, 5.74) is 1.43. The van der Waals surface area contributed by atoms with E-state index in [9.17, 15) is 0 Å². The van der Waals surface area contributed by atoms with E-state index in [1.807, 2.05) is 12.3 Å². The van der Waals surface area contributed by atoms with Crippen LogP contribution in [0.3, 0.4) is 0 Å². The molecule has 4 aliphatic rings. The number of fused-ring (bicyclic) bond motifs is 3. The lowest BCUT2D eigenvalue weighted by Gasteiger charge is -2.47. The van der Waals surface area contributed by atoms with Crippen molar-refractivity contribution in [2.75, 3.05) is 6.54 Å². The molecule has 0 radical (unpaired) electrons. The number of nitrogens with zero attached hydrogens (tertiary/aromatic N) is 1. The van der Waals surface area contributed by atoms with Gasteiger partial charge in [-0.2, -0.15) is 0 Å². The first-order valence-corrected chi connectivity index (χ1v) is 9.84. The fourth-order valence-corrected chi connectivity index (χ4v) is 5.76. The third-order valence-electron chi connectivity index (χ3n) is 6.80. The molecule has 1 aromatic rings. The van der Waals surface area contributed by atoms with Crippen molar-refractivity contribution in [3.05, 3.63) is 48.1 Å². The van der Waals surface area contributed by atoms with E-state index < -0.39 is 0 Å². The van der Waals surface area contributed by atoms with Crippen molar-refractivity contribution >= 4 is 0 Å². The van der Waals surface area contributed by atoms with Crippen LogP contribution in [0.25, 0.3) is 0 Å². The maximum atomic E-state index is 5.82. The number of nitrogens with one attached hydrogen (secondary N) is 1. The van der Waals surface area contributed by atoms with E-state index in [1.54, 1.807) is 0 Å². The first kappa shape index (κ1) is 14.8. The molecule has 1 N–H and O–H groups in total. The summed E-state index contributed by atoms with van der Waals surface area (Å²) in [5, 5.41) is 3.84. The second-order valence-corrected chi connectivity index (χ2v) is 8.00. The average molecular weight is 324 g/mol. The number of hydrogen-bond acceptors (Lipinski definition) is 3. The summed E-state index contributed by atoms with van der Waals surface area (Å²) < 4.78 is 5.82. The highest BCUT2D eigenvalue weighted by Gasteiger charge is 2.50. The van der Waals surface area contributed by atoms with Gasteiger partial charge in [0.15, 0.2) is 0 Å². The minimum Gasteiger partial charge on any atom is -0.467 e. The Bertz CT molecular complexity index is 626. The van der Waals surface area contributed by atoms with Gasteiger partial charge in [-0.05, 0) is 50.4 Å². The lowest BCUT2D eigenvalue weighted by Crippen LogP contribution is -2.53. The van der Waals surface area contributed by atoms with E-state index >= 15 is 0 Å². The van der Waals surface area contributed by atoms with Crippen LogP contribution in [0.2, 0.25) is 0 Å². The SMILES string of the molecule is C1=CCC2C(=C1)N[C@H](c1ccco1)[C@@H]1CCN(C3CCCCC3)C21. The second-order valence-electron chi connectivity index (χ2n) is 8.00. The zero-order chi connectivity index (χ0) is 15.9. The Balaban J connectivity index is 1.49. The molecule has 24 heavy (non-hydrogen) atoms. The summed E-state index contributed by atoms with van der Waals surface area (Å²) in [4.78, 5) is 2.90. The first-order valence-electron chi connectivity index (χ1n) is 9.84. The molecule has 1 saturated carbocycles. The molecule has 2 aliphatic carbocycles. The Hall–Kier alpha value is -1.48. The molecular formula is C21H28N2O. The monoisotopic (exact) mass is 324 g/mol. The van der Waals surface area contributed by atoms with Gasteiger partial charge < -0.3 is 9.73 Å². The largest absolute Gasteiger partial charge is 0.467 e. The molecule has 4 atom stereocenters. The van der Waals surface area contributed by atoms with E-state index in [1.165, 1.54) is 57.2 Å². The van der Waals surface area contributed by atoms with Crippen LogP contribution >= 0.6 is 0 Å². The molecule has 2 aliphatic heterocycles. The maximum absolute atomic E-state index is 5.82. The van der Waals surface area contributed by atoms with E-state index in [0.717, 1.165) is 11.8 Å². The lowest BCUT2D eigenvalue weighted by molar-refractivity contribution is 0.0688. The van der Waals surface area contributed by atoms with Crippen LogP contribution in [0.4, 0.5) is 0 Å². The number of furan rings is 1. The Morgan fingerprint density at radius 1 is 1.12 bits per heavy atom. The van der Waals surface area contributed by atoms with Gasteiger partial charge in [0.1, 0.15) is 5.76 Å². The highest BCUT2D eigenvalue weighted by molar-refractivity contribution is 5.28. The molecule has 3 nitrogen and oxygen atoms in total. The molecular weight excluding hydrogens is 296 g/mol. The van der Waals surface area contributed by atoms with E-state index in [4.69, 9.17) is 4.42 Å². The van der Waals surface area contributed by atoms with Crippen LogP contribution in [0.5, 0.6) is 0 Å². The summed E-state index contributed by atoms with van der Waals surface area (Å²) >= 11 is 0. The molecule has 0 spiro atoms. The topological polar surface area (TPSA) is 28.4 Å². The molecule has 2 unspecified atom stereocenters. The number of allylic oxidation sites excluding steroid dienone is 3. The lowest BCUT2D eigenvalue weighted by atomic mass is 9.74. The summed E-state index contributed by atoms with van der Waals surface area (Å²) in [7, 11) is 0. The molecule has 3 heterocycles. The van der Waals surface area contributed by atoms with Crippen LogP contribution < -0.4 is 5.32 Å². The fourth-order valence-electron chi connectivity index (χ4n) is 5.76. The Labute approximate surface area is 144 Å². The van der Waals surface area contributed by atoms with Crippen molar-refractivity contribution < 1.29 is 4.42 Å². The first-order chi connectivity index (χ1) is 11.9. The molecule has 0 amide bonds. The predicted molar refractivity (Wildman–Crippen MR) is 95.4 cm³/mol. The third-order valence-corrected chi connectivity index (χ3v) is 6.80. The van der Waals surface area contributed by atoms with Crippen LogP contribution in [0, 0.1) is 11.8 Å². The van der Waals surface area contributed by atoms with Gasteiger partial charge in [0.2, 0.25) is 0 Å². The quantitative estimate of drug-likeness (QED) is 0.873. The van der Waals surface area contributed by atoms with Gasteiger partial charge in [0.05, 0.1) is 12.3 Å². The van der Waals surface area contributed by atoms with Crippen molar-refractivity contribution in [3.8, 4) is 0 Å². The molecule has 128 valence electrons. The summed E-state index contributed by atoms with van der Waals surface area (Å²) in [6, 6.07) is 6.02. The minimum absolute atomic E-state index is 0.340. The molecule has 0 bridgehead atoms. The smallest absolute Gasteiger partial charge is 0.126 e. The molecule has 2 saturated heterocycles. The molecule has 1 aromatic heterocycles. The summed E-state index contributed by atoms with van der Waals surface area (Å²) in [5.74, 6) is 2.44. The second kappa shape index (κ2) is 6.11. The zero-order valence-corrected chi connectivity index (χ0v) is 14.4. The summed E-state index contributed by atoms with van der Waals surface area (Å²) in [6.07, 6.45) is 18.3. The van der Waals surface area contributed by atoms with Crippen LogP contribution in [0.1, 0.15) is 56.7 Å². The summed E-state index contributed by atoms with van der Waals surface area (Å²) in [6.45, 7) is 1.27. The Kier molecular flexibility index (Phi) is 3.77. The van der Waals surface area contributed by atoms with Gasteiger partial charge in [-0.3, -0.25) is 4.90 Å². The highest BCUT2D eigenvalue weighted by atomic mass is 16.3. The normalized spacial score (nSPS) is 36.8. The third kappa shape index (κ3) is 2.36. The fraction of sp³-hybridized carbons (Fsp3) is 0.619. The van der Waals surface area contributed by atoms with Gasteiger partial charge in [-0.25, -0.2) is 0 Å². The van der Waals surface area contributed by atoms with Gasteiger partial charge in [-0.15, -0.1) is 0 Å². The van der Waals surface area contributed by atoms with Gasteiger partial charge in [-0.1, -0.05) is 31.4 Å². The number of hydrogen-bond donors (Lipinski definition) is 1. The number of piperidine rings is 1. The van der Waals surface area contributed by atoms with Crippen molar-refractivity contribution in [2.24, 2.45) is 11.8 Å². The average Bonchev–Trinajstić information content (AvgIpc) is 3.32. The number of likely N-dealkylation sites (tertiary alicyclic amines) is 1.